The Hall–Kier alpha value is -0.770. The van der Waals surface area contributed by atoms with Crippen LogP contribution in [0.3, 0.4) is 0 Å². The van der Waals surface area contributed by atoms with Gasteiger partial charge in [0.2, 0.25) is 0 Å². The molecule has 2 saturated heterocycles. The molecular weight excluding hydrogens is 204 g/mol. The first-order chi connectivity index (χ1) is 7.49. The summed E-state index contributed by atoms with van der Waals surface area (Å²) in [6, 6.07) is 0.249. The molecule has 2 aliphatic rings. The third-order valence-corrected chi connectivity index (χ3v) is 3.64. The van der Waals surface area contributed by atoms with Gasteiger partial charge in [-0.1, -0.05) is 13.8 Å². The Bertz CT molecular complexity index is 274. The fraction of sp³-hybridized carbons (Fsp3) is 0.917. The maximum absolute atomic E-state index is 11.7. The second-order valence-corrected chi connectivity index (χ2v) is 5.56. The molecule has 0 N–H and O–H groups in total. The van der Waals surface area contributed by atoms with Crippen LogP contribution in [0.2, 0.25) is 0 Å². The zero-order valence-electron chi connectivity index (χ0n) is 10.6. The molecule has 0 aliphatic carbocycles. The van der Waals surface area contributed by atoms with Gasteiger partial charge in [0.1, 0.15) is 6.10 Å². The molecule has 4 nitrogen and oxygen atoms in total. The van der Waals surface area contributed by atoms with E-state index in [-0.39, 0.29) is 18.2 Å². The van der Waals surface area contributed by atoms with Crippen molar-refractivity contribution in [3.63, 3.8) is 0 Å². The number of nitrogens with zero attached hydrogens (tertiary/aromatic N) is 2. The Morgan fingerprint density at radius 2 is 2.06 bits per heavy atom. The molecule has 1 amide bonds. The molecule has 92 valence electrons. The maximum Gasteiger partial charge on any atom is 0.410 e. The van der Waals surface area contributed by atoms with E-state index in [2.05, 4.69) is 25.8 Å². The molecular formula is C12H22N2O2. The van der Waals surface area contributed by atoms with Gasteiger partial charge in [0.25, 0.3) is 0 Å². The van der Waals surface area contributed by atoms with E-state index in [1.54, 1.807) is 0 Å². The Labute approximate surface area is 97.5 Å². The van der Waals surface area contributed by atoms with Gasteiger partial charge in [0.05, 0.1) is 6.04 Å². The van der Waals surface area contributed by atoms with Crippen molar-refractivity contribution >= 4 is 6.09 Å². The Morgan fingerprint density at radius 3 is 2.56 bits per heavy atom. The minimum atomic E-state index is -0.124. The van der Waals surface area contributed by atoms with Gasteiger partial charge in [0.15, 0.2) is 0 Å². The largest absolute Gasteiger partial charge is 0.444 e. The van der Waals surface area contributed by atoms with Gasteiger partial charge >= 0.3 is 6.09 Å². The number of hydrogen-bond donors (Lipinski definition) is 0. The lowest BCUT2D eigenvalue weighted by atomic mass is 9.95. The van der Waals surface area contributed by atoms with Crippen molar-refractivity contribution < 1.29 is 9.53 Å². The van der Waals surface area contributed by atoms with Crippen LogP contribution in [0, 0.1) is 11.8 Å². The van der Waals surface area contributed by atoms with Gasteiger partial charge in [-0.25, -0.2) is 4.79 Å². The van der Waals surface area contributed by atoms with E-state index < -0.39 is 0 Å². The number of ether oxygens (including phenoxy) is 1. The predicted octanol–water partition coefficient (Wildman–Crippen LogP) is 1.41. The maximum atomic E-state index is 11.7. The van der Waals surface area contributed by atoms with Crippen LogP contribution in [-0.4, -0.2) is 54.7 Å². The van der Waals surface area contributed by atoms with Gasteiger partial charge in [-0.15, -0.1) is 0 Å². The van der Waals surface area contributed by atoms with Crippen molar-refractivity contribution in [2.24, 2.45) is 11.8 Å². The van der Waals surface area contributed by atoms with E-state index in [0.717, 1.165) is 19.6 Å². The van der Waals surface area contributed by atoms with Crippen molar-refractivity contribution in [3.8, 4) is 0 Å². The number of carbonyl (C=O) groups excluding carboxylic acids is 1. The summed E-state index contributed by atoms with van der Waals surface area (Å²) in [7, 11) is 2.11. The number of carbonyl (C=O) groups is 1. The van der Waals surface area contributed by atoms with Crippen molar-refractivity contribution in [2.75, 3.05) is 26.7 Å². The third kappa shape index (κ3) is 2.03. The molecule has 0 aromatic carbocycles. The first-order valence-electron chi connectivity index (χ1n) is 6.15. The van der Waals surface area contributed by atoms with Gasteiger partial charge in [0, 0.05) is 25.6 Å². The monoisotopic (exact) mass is 226 g/mol. The normalized spacial score (nSPS) is 32.1. The average Bonchev–Trinajstić information content (AvgIpc) is 2.39. The van der Waals surface area contributed by atoms with Crippen molar-refractivity contribution in [1.82, 2.24) is 9.80 Å². The lowest BCUT2D eigenvalue weighted by Gasteiger charge is -2.39. The minimum absolute atomic E-state index is 0.0327. The minimum Gasteiger partial charge on any atom is -0.444 e. The lowest BCUT2D eigenvalue weighted by Crippen LogP contribution is -2.52. The van der Waals surface area contributed by atoms with Crippen molar-refractivity contribution in [3.05, 3.63) is 0 Å². The van der Waals surface area contributed by atoms with Crippen LogP contribution < -0.4 is 0 Å². The second kappa shape index (κ2) is 4.24. The van der Waals surface area contributed by atoms with Crippen molar-refractivity contribution in [2.45, 2.75) is 32.9 Å². The van der Waals surface area contributed by atoms with Crippen LogP contribution in [0.25, 0.3) is 0 Å². The molecule has 2 rings (SSSR count). The molecule has 4 heteroatoms. The van der Waals surface area contributed by atoms with E-state index in [1.807, 2.05) is 11.8 Å². The number of rotatable bonds is 3. The highest BCUT2D eigenvalue weighted by Gasteiger charge is 2.42. The molecule has 0 radical (unpaired) electrons. The molecule has 2 aliphatic heterocycles. The molecule has 2 fully saturated rings. The topological polar surface area (TPSA) is 32.8 Å². The first-order valence-corrected chi connectivity index (χ1v) is 6.15. The van der Waals surface area contributed by atoms with Gasteiger partial charge in [-0.05, 0) is 19.9 Å². The highest BCUT2D eigenvalue weighted by molar-refractivity contribution is 5.70. The fourth-order valence-corrected chi connectivity index (χ4v) is 2.99. The molecule has 0 aromatic rings. The van der Waals surface area contributed by atoms with Gasteiger partial charge in [-0.2, -0.15) is 0 Å². The molecule has 2 atom stereocenters. The lowest BCUT2D eigenvalue weighted by molar-refractivity contribution is 0.0860. The standard InChI is InChI=1S/C12H22N2O2/c1-8(2)11-9(3)16-12(15)14(11)7-10-5-13(4)6-10/h8-11H,5-7H2,1-4H3. The van der Waals surface area contributed by atoms with Gasteiger partial charge < -0.3 is 14.5 Å². The van der Waals surface area contributed by atoms with Gasteiger partial charge in [-0.3, -0.25) is 0 Å². The molecule has 16 heavy (non-hydrogen) atoms. The summed E-state index contributed by atoms with van der Waals surface area (Å²) < 4.78 is 5.32. The Kier molecular flexibility index (Phi) is 3.10. The second-order valence-electron chi connectivity index (χ2n) is 5.56. The highest BCUT2D eigenvalue weighted by atomic mass is 16.6. The van der Waals surface area contributed by atoms with Crippen LogP contribution in [0.4, 0.5) is 4.79 Å². The molecule has 0 spiro atoms. The SMILES string of the molecule is CC(C)C1C(C)OC(=O)N1CC1CN(C)C1. The summed E-state index contributed by atoms with van der Waals surface area (Å²) >= 11 is 0. The summed E-state index contributed by atoms with van der Waals surface area (Å²) in [5.41, 5.74) is 0. The van der Waals surface area contributed by atoms with E-state index in [9.17, 15) is 4.79 Å². The van der Waals surface area contributed by atoms with Crippen LogP contribution in [0.5, 0.6) is 0 Å². The smallest absolute Gasteiger partial charge is 0.410 e. The summed E-state index contributed by atoms with van der Waals surface area (Å²) in [4.78, 5) is 16.0. The molecule has 2 heterocycles. The quantitative estimate of drug-likeness (QED) is 0.729. The van der Waals surface area contributed by atoms with E-state index >= 15 is 0 Å². The number of cyclic esters (lactones) is 1. The van der Waals surface area contributed by atoms with Crippen LogP contribution in [-0.2, 0) is 4.74 Å². The molecule has 2 unspecified atom stereocenters. The summed E-state index contributed by atoms with van der Waals surface area (Å²) in [6.45, 7) is 9.36. The van der Waals surface area contributed by atoms with Crippen LogP contribution >= 0.6 is 0 Å². The summed E-state index contributed by atoms with van der Waals surface area (Å²) in [5.74, 6) is 1.09. The highest BCUT2D eigenvalue weighted by Crippen LogP contribution is 2.27. The van der Waals surface area contributed by atoms with Crippen LogP contribution in [0.1, 0.15) is 20.8 Å². The van der Waals surface area contributed by atoms with Crippen LogP contribution in [0.15, 0.2) is 0 Å². The average molecular weight is 226 g/mol. The van der Waals surface area contributed by atoms with E-state index in [4.69, 9.17) is 4.74 Å². The van der Waals surface area contributed by atoms with E-state index in [1.165, 1.54) is 0 Å². The molecule has 0 aromatic heterocycles. The van der Waals surface area contributed by atoms with E-state index in [0.29, 0.717) is 11.8 Å². The number of likely N-dealkylation sites (tertiary alicyclic amines) is 1. The number of amides is 1. The Balaban J connectivity index is 1.97. The zero-order chi connectivity index (χ0) is 11.9. The van der Waals surface area contributed by atoms with Crippen molar-refractivity contribution in [1.29, 1.82) is 0 Å². The predicted molar refractivity (Wildman–Crippen MR) is 62.3 cm³/mol. The third-order valence-electron chi connectivity index (χ3n) is 3.64. The Morgan fingerprint density at radius 1 is 1.44 bits per heavy atom. The summed E-state index contributed by atoms with van der Waals surface area (Å²) in [6.07, 6.45) is -0.0916. The molecule has 0 saturated carbocycles. The molecule has 0 bridgehead atoms. The number of hydrogen-bond acceptors (Lipinski definition) is 3. The fourth-order valence-electron chi connectivity index (χ4n) is 2.99. The summed E-state index contributed by atoms with van der Waals surface area (Å²) in [5, 5.41) is 0. The first kappa shape index (κ1) is 11.7. The zero-order valence-corrected chi connectivity index (χ0v) is 10.6.